The molecule has 0 fully saturated rings. The summed E-state index contributed by atoms with van der Waals surface area (Å²) in [7, 11) is 1.79. The third-order valence-electron chi connectivity index (χ3n) is 5.97. The van der Waals surface area contributed by atoms with Crippen molar-refractivity contribution >= 4 is 35.0 Å². The number of thioether (sulfide) groups is 1. The maximum Gasteiger partial charge on any atom is 0.295 e. The number of para-hydroxylation sites is 2. The number of benzene rings is 3. The van der Waals surface area contributed by atoms with Crippen molar-refractivity contribution in [3.05, 3.63) is 101 Å². The number of carbonyl (C=O) groups is 2. The molecule has 1 unspecified atom stereocenters. The van der Waals surface area contributed by atoms with Crippen LogP contribution in [0.4, 0.5) is 11.4 Å². The van der Waals surface area contributed by atoms with Gasteiger partial charge in [0.2, 0.25) is 5.91 Å². The third-order valence-corrected chi connectivity index (χ3v) is 7.33. The van der Waals surface area contributed by atoms with E-state index in [0.29, 0.717) is 23.6 Å². The molecule has 4 aromatic rings. The van der Waals surface area contributed by atoms with Gasteiger partial charge < -0.3 is 15.4 Å². The highest BCUT2D eigenvalue weighted by atomic mass is 32.2. The van der Waals surface area contributed by atoms with Crippen molar-refractivity contribution in [2.75, 3.05) is 17.2 Å². The minimum absolute atomic E-state index is 0.113. The Bertz CT molecular complexity index is 1470. The predicted octanol–water partition coefficient (Wildman–Crippen LogP) is 5.01. The van der Waals surface area contributed by atoms with Gasteiger partial charge in [-0.2, -0.15) is 0 Å². The molecule has 0 spiro atoms. The standard InChI is InChI=1S/C29H30N4O4S/c1-4-25(28(35)31-27-20(2)32(3)33(29(27)36)22-13-7-5-8-14-22)38-24-17-11-12-21(18-24)30-26(34)19-37-23-15-9-6-10-16-23/h5-18,25H,4,19H2,1-3H3,(H,30,34)(H,31,35). The first-order chi connectivity index (χ1) is 18.4. The molecule has 3 aromatic carbocycles. The second-order valence-corrected chi connectivity index (χ2v) is 9.89. The lowest BCUT2D eigenvalue weighted by Crippen LogP contribution is -2.28. The maximum atomic E-state index is 13.2. The molecule has 38 heavy (non-hydrogen) atoms. The highest BCUT2D eigenvalue weighted by Crippen LogP contribution is 2.29. The number of nitrogens with one attached hydrogen (secondary N) is 2. The van der Waals surface area contributed by atoms with Crippen LogP contribution in [0.1, 0.15) is 19.0 Å². The molecule has 0 radical (unpaired) electrons. The Morgan fingerprint density at radius 3 is 2.32 bits per heavy atom. The number of rotatable bonds is 10. The maximum absolute atomic E-state index is 13.2. The largest absolute Gasteiger partial charge is 0.484 e. The van der Waals surface area contributed by atoms with E-state index in [9.17, 15) is 14.4 Å². The summed E-state index contributed by atoms with van der Waals surface area (Å²) in [6.45, 7) is 3.61. The van der Waals surface area contributed by atoms with Gasteiger partial charge in [-0.3, -0.25) is 19.1 Å². The smallest absolute Gasteiger partial charge is 0.295 e. The molecule has 0 saturated heterocycles. The summed E-state index contributed by atoms with van der Waals surface area (Å²) in [5, 5.41) is 5.25. The molecule has 196 valence electrons. The second-order valence-electron chi connectivity index (χ2n) is 8.62. The zero-order valence-corrected chi connectivity index (χ0v) is 22.3. The number of anilines is 2. The van der Waals surface area contributed by atoms with E-state index in [1.54, 1.807) is 36.9 Å². The number of hydrogen-bond donors (Lipinski definition) is 2. The van der Waals surface area contributed by atoms with Crippen LogP contribution in [-0.4, -0.2) is 33.0 Å². The predicted molar refractivity (Wildman–Crippen MR) is 151 cm³/mol. The summed E-state index contributed by atoms with van der Waals surface area (Å²) in [4.78, 5) is 39.6. The van der Waals surface area contributed by atoms with Gasteiger partial charge >= 0.3 is 0 Å². The van der Waals surface area contributed by atoms with Crippen molar-refractivity contribution in [1.82, 2.24) is 9.36 Å². The van der Waals surface area contributed by atoms with E-state index in [2.05, 4.69) is 10.6 Å². The first-order valence-electron chi connectivity index (χ1n) is 12.3. The summed E-state index contributed by atoms with van der Waals surface area (Å²) in [6.07, 6.45) is 0.552. The molecule has 2 N–H and O–H groups in total. The number of carbonyl (C=O) groups excluding carboxylic acids is 2. The SMILES string of the molecule is CCC(Sc1cccc(NC(=O)COc2ccccc2)c1)C(=O)Nc1c(C)n(C)n(-c2ccccc2)c1=O. The Morgan fingerprint density at radius 1 is 0.947 bits per heavy atom. The van der Waals surface area contributed by atoms with Gasteiger partial charge in [0.15, 0.2) is 6.61 Å². The molecular formula is C29H30N4O4S. The van der Waals surface area contributed by atoms with E-state index >= 15 is 0 Å². The van der Waals surface area contributed by atoms with Crippen LogP contribution in [0.2, 0.25) is 0 Å². The first-order valence-corrected chi connectivity index (χ1v) is 13.1. The van der Waals surface area contributed by atoms with E-state index < -0.39 is 5.25 Å². The molecule has 1 aromatic heterocycles. The Hall–Kier alpha value is -4.24. The molecular weight excluding hydrogens is 500 g/mol. The molecule has 8 nitrogen and oxygen atoms in total. The molecule has 9 heteroatoms. The van der Waals surface area contributed by atoms with Gasteiger partial charge in [0.1, 0.15) is 11.4 Å². The fourth-order valence-corrected chi connectivity index (χ4v) is 4.93. The van der Waals surface area contributed by atoms with Gasteiger partial charge in [-0.05, 0) is 55.8 Å². The highest BCUT2D eigenvalue weighted by Gasteiger charge is 2.23. The van der Waals surface area contributed by atoms with Crippen molar-refractivity contribution < 1.29 is 14.3 Å². The minimum Gasteiger partial charge on any atom is -0.484 e. The van der Waals surface area contributed by atoms with Gasteiger partial charge in [0, 0.05) is 17.6 Å². The van der Waals surface area contributed by atoms with E-state index in [4.69, 9.17) is 4.74 Å². The average molecular weight is 531 g/mol. The number of nitrogens with zero attached hydrogens (tertiary/aromatic N) is 2. The zero-order chi connectivity index (χ0) is 27.1. The van der Waals surface area contributed by atoms with Crippen LogP contribution < -0.4 is 20.9 Å². The third kappa shape index (κ3) is 6.36. The van der Waals surface area contributed by atoms with Crippen LogP contribution >= 0.6 is 11.8 Å². The van der Waals surface area contributed by atoms with Gasteiger partial charge in [0.05, 0.1) is 16.6 Å². The fraction of sp³-hybridized carbons (Fsp3) is 0.207. The van der Waals surface area contributed by atoms with Crippen molar-refractivity contribution in [2.45, 2.75) is 30.4 Å². The molecule has 0 aliphatic rings. The normalized spacial score (nSPS) is 11.6. The van der Waals surface area contributed by atoms with E-state index in [0.717, 1.165) is 10.6 Å². The van der Waals surface area contributed by atoms with Crippen molar-refractivity contribution in [2.24, 2.45) is 7.05 Å². The lowest BCUT2D eigenvalue weighted by Gasteiger charge is -2.15. The fourth-order valence-electron chi connectivity index (χ4n) is 3.91. The number of ether oxygens (including phenoxy) is 1. The Labute approximate surface area is 225 Å². The van der Waals surface area contributed by atoms with Crippen molar-refractivity contribution in [3.63, 3.8) is 0 Å². The van der Waals surface area contributed by atoms with Crippen LogP contribution in [0.3, 0.4) is 0 Å². The summed E-state index contributed by atoms with van der Waals surface area (Å²) in [6, 6.07) is 25.7. The van der Waals surface area contributed by atoms with Crippen LogP contribution in [0.15, 0.2) is 94.6 Å². The van der Waals surface area contributed by atoms with Gasteiger partial charge in [-0.15, -0.1) is 11.8 Å². The molecule has 0 saturated carbocycles. The molecule has 0 aliphatic carbocycles. The van der Waals surface area contributed by atoms with Crippen LogP contribution in [0.5, 0.6) is 5.75 Å². The van der Waals surface area contributed by atoms with Crippen molar-refractivity contribution in [3.8, 4) is 11.4 Å². The van der Waals surface area contributed by atoms with Crippen LogP contribution in [0, 0.1) is 6.92 Å². The molecule has 1 atom stereocenters. The molecule has 1 heterocycles. The minimum atomic E-state index is -0.438. The Kier molecular flexibility index (Phi) is 8.70. The Balaban J connectivity index is 1.42. The quantitative estimate of drug-likeness (QED) is 0.281. The number of hydrogen-bond acceptors (Lipinski definition) is 5. The van der Waals surface area contributed by atoms with Crippen LogP contribution in [-0.2, 0) is 16.6 Å². The molecule has 2 amide bonds. The Morgan fingerprint density at radius 2 is 1.63 bits per heavy atom. The average Bonchev–Trinajstić information content (AvgIpc) is 3.14. The molecule has 0 bridgehead atoms. The van der Waals surface area contributed by atoms with Crippen LogP contribution in [0.25, 0.3) is 5.69 Å². The topological polar surface area (TPSA) is 94.4 Å². The summed E-state index contributed by atoms with van der Waals surface area (Å²) < 4.78 is 8.76. The molecule has 0 aliphatic heterocycles. The monoisotopic (exact) mass is 530 g/mol. The first kappa shape index (κ1) is 26.8. The molecule has 4 rings (SSSR count). The van der Waals surface area contributed by atoms with E-state index in [1.165, 1.54) is 16.4 Å². The number of aromatic nitrogens is 2. The zero-order valence-electron chi connectivity index (χ0n) is 21.5. The number of amides is 2. The lowest BCUT2D eigenvalue weighted by molar-refractivity contribution is -0.118. The van der Waals surface area contributed by atoms with Crippen molar-refractivity contribution in [1.29, 1.82) is 0 Å². The van der Waals surface area contributed by atoms with Gasteiger partial charge in [-0.1, -0.05) is 49.4 Å². The van der Waals surface area contributed by atoms with Gasteiger partial charge in [-0.25, -0.2) is 4.68 Å². The second kappa shape index (κ2) is 12.3. The van der Waals surface area contributed by atoms with Gasteiger partial charge in [0.25, 0.3) is 11.5 Å². The van der Waals surface area contributed by atoms with E-state index in [-0.39, 0.29) is 29.7 Å². The highest BCUT2D eigenvalue weighted by molar-refractivity contribution is 8.00. The summed E-state index contributed by atoms with van der Waals surface area (Å²) in [5.41, 5.74) is 1.97. The summed E-state index contributed by atoms with van der Waals surface area (Å²) in [5.74, 6) is 0.0807. The van der Waals surface area contributed by atoms with E-state index in [1.807, 2.05) is 73.7 Å². The summed E-state index contributed by atoms with van der Waals surface area (Å²) >= 11 is 1.38. The lowest BCUT2D eigenvalue weighted by atomic mass is 10.3.